The Labute approximate surface area is 279 Å². The number of rotatable bonds is 11. The fourth-order valence-electron chi connectivity index (χ4n) is 6.00. The number of likely N-dealkylation sites (tertiary alicyclic amines) is 1. The maximum absolute atomic E-state index is 14.2. The highest BCUT2D eigenvalue weighted by Crippen LogP contribution is 2.39. The van der Waals surface area contributed by atoms with Gasteiger partial charge in [0.25, 0.3) is 0 Å². The van der Waals surface area contributed by atoms with Crippen LogP contribution in [0, 0.1) is 0 Å². The van der Waals surface area contributed by atoms with E-state index in [-0.39, 0.29) is 24.6 Å². The third-order valence-corrected chi connectivity index (χ3v) is 8.35. The van der Waals surface area contributed by atoms with Gasteiger partial charge in [0.2, 0.25) is 17.7 Å². The summed E-state index contributed by atoms with van der Waals surface area (Å²) in [4.78, 5) is 56.9. The largest absolute Gasteiger partial charge is 0.449 e. The van der Waals surface area contributed by atoms with Gasteiger partial charge in [0, 0.05) is 12.6 Å². The number of β-lactam (4-membered cyclic amide) rings is 1. The number of hydrogen-bond acceptors (Lipinski definition) is 6. The predicted octanol–water partition coefficient (Wildman–Crippen LogP) is 5.80. The van der Waals surface area contributed by atoms with Gasteiger partial charge in [-0.05, 0) is 34.9 Å². The first-order valence-electron chi connectivity index (χ1n) is 15.4. The number of alkyl halides is 3. The second kappa shape index (κ2) is 14.1. The molecular weight excluding hydrogens is 641 g/mol. The van der Waals surface area contributed by atoms with Gasteiger partial charge in [-0.25, -0.2) is 4.79 Å². The van der Waals surface area contributed by atoms with Crippen LogP contribution in [0.25, 0.3) is 6.08 Å². The summed E-state index contributed by atoms with van der Waals surface area (Å²) in [5.74, 6) is -1.92. The van der Waals surface area contributed by atoms with Crippen molar-refractivity contribution in [2.75, 3.05) is 11.9 Å². The molecule has 2 fully saturated rings. The zero-order valence-electron chi connectivity index (χ0n) is 25.9. The Hall–Kier alpha value is -5.85. The molecule has 0 radical (unpaired) electrons. The predicted molar refractivity (Wildman–Crippen MR) is 171 cm³/mol. The number of nitrogens with one attached hydrogen (secondary N) is 2. The van der Waals surface area contributed by atoms with Gasteiger partial charge in [0.1, 0.15) is 18.7 Å². The number of cyclic esters (lactones) is 1. The Kier molecular flexibility index (Phi) is 9.51. The van der Waals surface area contributed by atoms with E-state index in [1.54, 1.807) is 30.4 Å². The van der Waals surface area contributed by atoms with Crippen LogP contribution in [0.1, 0.15) is 34.7 Å². The van der Waals surface area contributed by atoms with Crippen molar-refractivity contribution < 1.29 is 41.5 Å². The molecule has 2 aliphatic heterocycles. The van der Waals surface area contributed by atoms with Crippen LogP contribution in [0.2, 0.25) is 0 Å². The van der Waals surface area contributed by atoms with Crippen molar-refractivity contribution >= 4 is 35.8 Å². The summed E-state index contributed by atoms with van der Waals surface area (Å²) in [6, 6.07) is 21.8. The topological polar surface area (TPSA) is 121 Å². The molecule has 4 amide bonds. The van der Waals surface area contributed by atoms with Gasteiger partial charge in [-0.2, -0.15) is 13.2 Å². The molecule has 3 aromatic carbocycles. The smallest absolute Gasteiger partial charge is 0.416 e. The Balaban J connectivity index is 1.32. The number of benzene rings is 3. The standard InChI is InChI=1S/C36H31F3N4O6/c37-36(38,39)26-14-7-11-24(19-26)21-40-33(45)28(20-30(44)41-31-15-8-18-48-31)42-27(17-16-23-9-3-1-4-10-23)32(34(42)46)43-29(22-49-35(43)47)25-12-5-2-6-13-25/h1-19,27-29,32H,20-22H2,(H,40,45)(H,41,44)/b17-16+/t27-,28+,29+,32+/m1/s1. The van der Waals surface area contributed by atoms with Crippen LogP contribution in [0.5, 0.6) is 0 Å². The summed E-state index contributed by atoms with van der Waals surface area (Å²) in [7, 11) is 0. The molecule has 3 heterocycles. The second-order valence-electron chi connectivity index (χ2n) is 11.5. The van der Waals surface area contributed by atoms with Crippen LogP contribution in [0.3, 0.4) is 0 Å². The summed E-state index contributed by atoms with van der Waals surface area (Å²) in [6.45, 7) is -0.294. The van der Waals surface area contributed by atoms with Crippen molar-refractivity contribution in [3.05, 3.63) is 132 Å². The maximum atomic E-state index is 14.2. The summed E-state index contributed by atoms with van der Waals surface area (Å²) < 4.78 is 50.6. The number of nitrogens with zero attached hydrogens (tertiary/aromatic N) is 2. The van der Waals surface area contributed by atoms with Gasteiger partial charge >= 0.3 is 12.3 Å². The lowest BCUT2D eigenvalue weighted by atomic mass is 9.87. The third-order valence-electron chi connectivity index (χ3n) is 8.35. The lowest BCUT2D eigenvalue weighted by Gasteiger charge is -2.52. The maximum Gasteiger partial charge on any atom is 0.416 e. The normalized spacial score (nSPS) is 19.8. The van der Waals surface area contributed by atoms with Crippen molar-refractivity contribution in [3.63, 3.8) is 0 Å². The van der Waals surface area contributed by atoms with E-state index in [2.05, 4.69) is 10.6 Å². The van der Waals surface area contributed by atoms with Crippen molar-refractivity contribution in [1.82, 2.24) is 15.1 Å². The summed E-state index contributed by atoms with van der Waals surface area (Å²) >= 11 is 0. The Morgan fingerprint density at radius 3 is 2.37 bits per heavy atom. The highest BCUT2D eigenvalue weighted by atomic mass is 19.4. The number of halogens is 3. The molecule has 6 rings (SSSR count). The molecule has 2 aliphatic rings. The minimum absolute atomic E-state index is 0.00814. The van der Waals surface area contributed by atoms with Crippen LogP contribution in [-0.2, 0) is 31.8 Å². The van der Waals surface area contributed by atoms with Gasteiger partial charge in [-0.3, -0.25) is 24.6 Å². The van der Waals surface area contributed by atoms with E-state index in [0.29, 0.717) is 0 Å². The quantitative estimate of drug-likeness (QED) is 0.195. The van der Waals surface area contributed by atoms with Crippen molar-refractivity contribution in [2.24, 2.45) is 0 Å². The van der Waals surface area contributed by atoms with E-state index in [9.17, 15) is 32.3 Å². The Morgan fingerprint density at radius 1 is 0.939 bits per heavy atom. The van der Waals surface area contributed by atoms with Crippen LogP contribution < -0.4 is 10.6 Å². The average molecular weight is 673 g/mol. The molecule has 49 heavy (non-hydrogen) atoms. The molecule has 2 saturated heterocycles. The lowest BCUT2D eigenvalue weighted by molar-refractivity contribution is -0.163. The van der Waals surface area contributed by atoms with E-state index in [1.165, 1.54) is 34.3 Å². The van der Waals surface area contributed by atoms with E-state index < -0.39 is 66.1 Å². The molecule has 252 valence electrons. The molecule has 0 spiro atoms. The second-order valence-corrected chi connectivity index (χ2v) is 11.5. The van der Waals surface area contributed by atoms with Crippen molar-refractivity contribution in [2.45, 2.75) is 43.3 Å². The van der Waals surface area contributed by atoms with E-state index in [0.717, 1.165) is 23.3 Å². The molecule has 0 aliphatic carbocycles. The minimum atomic E-state index is -4.59. The number of hydrogen-bond donors (Lipinski definition) is 2. The third kappa shape index (κ3) is 7.35. The molecule has 2 N–H and O–H groups in total. The van der Waals surface area contributed by atoms with Crippen molar-refractivity contribution in [1.29, 1.82) is 0 Å². The average Bonchev–Trinajstić information content (AvgIpc) is 3.75. The van der Waals surface area contributed by atoms with Crippen LogP contribution in [-0.4, -0.2) is 58.3 Å². The van der Waals surface area contributed by atoms with Crippen molar-refractivity contribution in [3.8, 4) is 0 Å². The van der Waals surface area contributed by atoms with Gasteiger partial charge < -0.3 is 19.4 Å². The monoisotopic (exact) mass is 672 g/mol. The van der Waals surface area contributed by atoms with E-state index in [4.69, 9.17) is 9.15 Å². The number of anilines is 1. The van der Waals surface area contributed by atoms with Gasteiger partial charge in [0.05, 0.1) is 30.3 Å². The fraction of sp³-hybridized carbons (Fsp3) is 0.222. The number of furan rings is 1. The zero-order valence-corrected chi connectivity index (χ0v) is 25.9. The van der Waals surface area contributed by atoms with Gasteiger partial charge in [0.15, 0.2) is 5.88 Å². The van der Waals surface area contributed by atoms with Gasteiger partial charge in [-0.1, -0.05) is 84.9 Å². The highest BCUT2D eigenvalue weighted by molar-refractivity contribution is 6.01. The minimum Gasteiger partial charge on any atom is -0.449 e. The number of carbonyl (C=O) groups is 4. The van der Waals surface area contributed by atoms with E-state index >= 15 is 0 Å². The lowest BCUT2D eigenvalue weighted by Crippen LogP contribution is -2.74. The first kappa shape index (κ1) is 33.1. The molecular formula is C36H31F3N4O6. The molecule has 0 saturated carbocycles. The summed E-state index contributed by atoms with van der Waals surface area (Å²) in [5, 5.41) is 5.15. The van der Waals surface area contributed by atoms with E-state index in [1.807, 2.05) is 48.5 Å². The number of ether oxygens (including phenoxy) is 1. The molecule has 4 aromatic rings. The molecule has 1 aromatic heterocycles. The Morgan fingerprint density at radius 2 is 1.67 bits per heavy atom. The summed E-state index contributed by atoms with van der Waals surface area (Å²) in [5.41, 5.74) is 0.815. The molecule has 0 bridgehead atoms. The van der Waals surface area contributed by atoms with Crippen LogP contribution in [0.4, 0.5) is 23.8 Å². The van der Waals surface area contributed by atoms with Gasteiger partial charge in [-0.15, -0.1) is 0 Å². The molecule has 13 heteroatoms. The number of carbonyl (C=O) groups excluding carboxylic acids is 4. The molecule has 10 nitrogen and oxygen atoms in total. The zero-order chi connectivity index (χ0) is 34.5. The summed E-state index contributed by atoms with van der Waals surface area (Å²) in [6.07, 6.45) is -1.02. The highest BCUT2D eigenvalue weighted by Gasteiger charge is 2.58. The molecule has 4 atom stereocenters. The molecule has 0 unspecified atom stereocenters. The van der Waals surface area contributed by atoms with Crippen LogP contribution in [0.15, 0.2) is 114 Å². The van der Waals surface area contributed by atoms with Crippen LogP contribution >= 0.6 is 0 Å². The Bertz CT molecular complexity index is 1830. The first-order valence-corrected chi connectivity index (χ1v) is 15.4. The SMILES string of the molecule is O=C(C[C@@H](C(=O)NCc1cccc(C(F)(F)F)c1)N1C(=O)[C@@H](N2C(=O)OC[C@H]2c2ccccc2)[C@H]1/C=C/c1ccccc1)Nc1ccco1. The fourth-order valence-corrected chi connectivity index (χ4v) is 6.00. The first-order chi connectivity index (χ1) is 23.6. The number of amides is 4.